The Morgan fingerprint density at radius 3 is 1.39 bits per heavy atom. The molecule has 1 aromatic heterocycles. The molecule has 2 heterocycles. The fraction of sp³-hybridized carbons (Fsp3) is 0.344. The number of carbonyl (C=O) groups is 8. The van der Waals surface area contributed by atoms with Crippen molar-refractivity contribution < 1.29 is 48.6 Å². The van der Waals surface area contributed by atoms with E-state index in [0.29, 0.717) is 34.4 Å². The number of aromatic nitrogens is 1. The lowest BCUT2D eigenvalue weighted by Crippen LogP contribution is -2.62. The first-order valence-electron chi connectivity index (χ1n) is 27.4. The van der Waals surface area contributed by atoms with Gasteiger partial charge < -0.3 is 63.5 Å². The van der Waals surface area contributed by atoms with Gasteiger partial charge in [-0.3, -0.25) is 33.6 Å². The maximum atomic E-state index is 15.2. The number of aromatic amines is 1. The Bertz CT molecular complexity index is 3150. The van der Waals surface area contributed by atoms with Crippen LogP contribution in [0.15, 0.2) is 146 Å². The largest absolute Gasteiger partial charge is 0.480 e. The number of fused-ring (bicyclic) bond motifs is 1. The minimum atomic E-state index is -1.73. The standard InChI is InChI=1S/C61H72N10O10S2/c1-36(2)63-32-42-25-23-41(24-26-42)30-50-59(78)71-53(37(3)72)60(79)69-49(29-40-19-11-6-12-20-40)57(76)70-52(61(80)81)35-83-82-34-45(62)54(73)65-47(27-38-15-7-4-8-16-38)55(74)66-48(28-39-17-9-5-10-18-39)56(75)68-51(58(77)67-50)31-43-33-64-46-22-14-13-21-44(43)46/h4-26,33,36-37,45,47-53,63-64,72H,27-32,34-35,62H2,1-3H3,(H,65,73)(H,66,74)(H,67,77)(H,68,75)(H,69,79)(H,70,76)(H,71,78)(H,80,81)/t37-,45+,47+,48?,49+,50?,51-,52?,53?/m1/s1. The first-order chi connectivity index (χ1) is 39.9. The van der Waals surface area contributed by atoms with Crippen LogP contribution in [-0.2, 0) is 77.0 Å². The van der Waals surface area contributed by atoms with Crippen molar-refractivity contribution in [1.29, 1.82) is 0 Å². The summed E-state index contributed by atoms with van der Waals surface area (Å²) in [4.78, 5) is 118. The van der Waals surface area contributed by atoms with E-state index in [4.69, 9.17) is 5.73 Å². The third kappa shape index (κ3) is 19.0. The highest BCUT2D eigenvalue weighted by Crippen LogP contribution is 2.24. The average molecular weight is 1170 g/mol. The predicted molar refractivity (Wildman–Crippen MR) is 320 cm³/mol. The van der Waals surface area contributed by atoms with Crippen LogP contribution in [0.25, 0.3) is 10.9 Å². The van der Waals surface area contributed by atoms with Gasteiger partial charge in [-0.1, -0.05) is 169 Å². The predicted octanol–water partition coefficient (Wildman–Crippen LogP) is 2.76. The van der Waals surface area contributed by atoms with Crippen LogP contribution in [0.5, 0.6) is 0 Å². The highest BCUT2D eigenvalue weighted by molar-refractivity contribution is 8.76. The molecule has 7 rings (SSSR count). The summed E-state index contributed by atoms with van der Waals surface area (Å²) in [6, 6.07) is 29.9. The van der Waals surface area contributed by atoms with Crippen LogP contribution in [0.2, 0.25) is 0 Å². The number of nitrogens with two attached hydrogens (primary N) is 1. The first kappa shape index (κ1) is 62.6. The number of carboxylic acids is 1. The van der Waals surface area contributed by atoms with E-state index in [1.807, 2.05) is 50.2 Å². The van der Waals surface area contributed by atoms with Gasteiger partial charge in [0.1, 0.15) is 42.3 Å². The van der Waals surface area contributed by atoms with Gasteiger partial charge in [-0.15, -0.1) is 0 Å². The van der Waals surface area contributed by atoms with Gasteiger partial charge in [0.25, 0.3) is 0 Å². The van der Waals surface area contributed by atoms with Crippen molar-refractivity contribution >= 4 is 79.8 Å². The summed E-state index contributed by atoms with van der Waals surface area (Å²) < 4.78 is 0. The molecule has 1 aliphatic rings. The number of hydrogen-bond acceptors (Lipinski definition) is 13. The van der Waals surface area contributed by atoms with E-state index >= 15 is 9.59 Å². The summed E-state index contributed by atoms with van der Waals surface area (Å²) in [6.07, 6.45) is -0.332. The smallest absolute Gasteiger partial charge is 0.327 e. The minimum Gasteiger partial charge on any atom is -0.480 e. The number of aliphatic carboxylic acids is 1. The molecular formula is C61H72N10O10S2. The van der Waals surface area contributed by atoms with E-state index in [2.05, 4.69) is 47.5 Å². The van der Waals surface area contributed by atoms with Crippen molar-refractivity contribution in [2.24, 2.45) is 5.73 Å². The van der Waals surface area contributed by atoms with E-state index in [9.17, 15) is 39.0 Å². The SMILES string of the molecule is CC(C)NCc1ccc(CC2NC(=O)[C@@H](Cc3c[nH]c4ccccc34)NC(=O)C(Cc3ccccc3)NC(=O)[C@H](Cc3ccccc3)NC(=O)[C@@H](N)CSSCC(C(=O)O)NC(=O)[C@H](Cc3ccccc3)NC(=O)C([C@@H](C)O)NC2=O)cc1. The molecule has 0 saturated carbocycles. The van der Waals surface area contributed by atoms with E-state index in [1.54, 1.807) is 109 Å². The van der Waals surface area contributed by atoms with Crippen LogP contribution in [0, 0.1) is 0 Å². The van der Waals surface area contributed by atoms with E-state index < -0.39 is 102 Å². The molecule has 83 heavy (non-hydrogen) atoms. The molecule has 13 N–H and O–H groups in total. The Hall–Kier alpha value is -8.02. The number of benzene rings is 5. The Morgan fingerprint density at radius 2 is 0.904 bits per heavy atom. The number of rotatable bonds is 15. The van der Waals surface area contributed by atoms with Crippen LogP contribution in [0.4, 0.5) is 0 Å². The number of aliphatic hydroxyl groups excluding tert-OH is 1. The molecule has 7 amide bonds. The van der Waals surface area contributed by atoms with Gasteiger partial charge in [-0.05, 0) is 46.4 Å². The number of amides is 7. The molecule has 0 radical (unpaired) electrons. The molecule has 9 atom stereocenters. The normalized spacial score (nSPS) is 22.7. The molecule has 4 unspecified atom stereocenters. The fourth-order valence-electron chi connectivity index (χ4n) is 9.24. The summed E-state index contributed by atoms with van der Waals surface area (Å²) in [5.74, 6) is -7.51. The molecule has 1 fully saturated rings. The molecule has 0 spiro atoms. The van der Waals surface area contributed by atoms with Gasteiger partial charge in [-0.2, -0.15) is 0 Å². The monoisotopic (exact) mass is 1170 g/mol. The Labute approximate surface area is 489 Å². The van der Waals surface area contributed by atoms with Crippen molar-refractivity contribution in [2.75, 3.05) is 11.5 Å². The lowest BCUT2D eigenvalue weighted by atomic mass is 9.99. The van der Waals surface area contributed by atoms with Crippen LogP contribution in [-0.4, -0.2) is 135 Å². The molecule has 6 aromatic rings. The van der Waals surface area contributed by atoms with Crippen molar-refractivity contribution in [3.63, 3.8) is 0 Å². The number of carboxylic acid groups (broad SMARTS) is 1. The number of hydrogen-bond donors (Lipinski definition) is 12. The number of para-hydroxylation sites is 1. The number of aliphatic hydroxyl groups is 1. The van der Waals surface area contributed by atoms with E-state index in [1.165, 1.54) is 6.92 Å². The molecule has 0 bridgehead atoms. The van der Waals surface area contributed by atoms with E-state index in [0.717, 1.165) is 38.1 Å². The Morgan fingerprint density at radius 1 is 0.506 bits per heavy atom. The molecule has 20 nitrogen and oxygen atoms in total. The van der Waals surface area contributed by atoms with Crippen LogP contribution in [0.1, 0.15) is 54.2 Å². The molecule has 1 aliphatic heterocycles. The Kier molecular flexibility index (Phi) is 23.3. The molecule has 0 aliphatic carbocycles. The lowest BCUT2D eigenvalue weighted by Gasteiger charge is -2.29. The lowest BCUT2D eigenvalue weighted by molar-refractivity contribution is -0.141. The number of nitrogens with one attached hydrogen (secondary N) is 9. The van der Waals surface area contributed by atoms with Crippen LogP contribution < -0.4 is 48.3 Å². The van der Waals surface area contributed by atoms with Gasteiger partial charge in [0.15, 0.2) is 0 Å². The molecule has 5 aromatic carbocycles. The second kappa shape index (κ2) is 30.9. The van der Waals surface area contributed by atoms with Crippen molar-refractivity contribution in [2.45, 2.75) is 120 Å². The van der Waals surface area contributed by atoms with Gasteiger partial charge in [0, 0.05) is 73.3 Å². The van der Waals surface area contributed by atoms with Gasteiger partial charge in [0.2, 0.25) is 41.4 Å². The summed E-state index contributed by atoms with van der Waals surface area (Å²) in [6.45, 7) is 5.85. The summed E-state index contributed by atoms with van der Waals surface area (Å²) in [5, 5.41) is 44.7. The quantitative estimate of drug-likeness (QED) is 0.0659. The van der Waals surface area contributed by atoms with Crippen molar-refractivity contribution in [1.82, 2.24) is 47.5 Å². The molecule has 1 saturated heterocycles. The Balaban J connectivity index is 1.29. The van der Waals surface area contributed by atoms with Crippen molar-refractivity contribution in [3.8, 4) is 0 Å². The van der Waals surface area contributed by atoms with Crippen LogP contribution in [0.3, 0.4) is 0 Å². The second-order valence-electron chi connectivity index (χ2n) is 20.8. The highest BCUT2D eigenvalue weighted by atomic mass is 33.1. The first-order valence-corrected chi connectivity index (χ1v) is 29.9. The van der Waals surface area contributed by atoms with Gasteiger partial charge in [0.05, 0.1) is 12.1 Å². The van der Waals surface area contributed by atoms with E-state index in [-0.39, 0.29) is 49.7 Å². The zero-order valence-corrected chi connectivity index (χ0v) is 48.0. The topological polar surface area (TPSA) is 315 Å². The zero-order chi connectivity index (χ0) is 59.4. The summed E-state index contributed by atoms with van der Waals surface area (Å²) >= 11 is 0. The second-order valence-corrected chi connectivity index (χ2v) is 23.3. The van der Waals surface area contributed by atoms with Gasteiger partial charge >= 0.3 is 5.97 Å². The van der Waals surface area contributed by atoms with Crippen LogP contribution >= 0.6 is 21.6 Å². The number of carbonyl (C=O) groups excluding carboxylic acids is 7. The molecule has 438 valence electrons. The third-order valence-electron chi connectivity index (χ3n) is 13.9. The summed E-state index contributed by atoms with van der Waals surface area (Å²) in [5.41, 5.74) is 11.2. The maximum Gasteiger partial charge on any atom is 0.327 e. The highest BCUT2D eigenvalue weighted by Gasteiger charge is 2.37. The minimum absolute atomic E-state index is 0.0130. The fourth-order valence-corrected chi connectivity index (χ4v) is 11.5. The third-order valence-corrected chi connectivity index (χ3v) is 16.3. The molecular weight excluding hydrogens is 1100 g/mol. The maximum absolute atomic E-state index is 15.2. The number of H-pyrrole nitrogens is 1. The zero-order valence-electron chi connectivity index (χ0n) is 46.3. The van der Waals surface area contributed by atoms with Crippen molar-refractivity contribution in [3.05, 3.63) is 179 Å². The van der Waals surface area contributed by atoms with Gasteiger partial charge in [-0.25, -0.2) is 4.79 Å². The molecule has 22 heteroatoms. The average Bonchev–Trinajstić information content (AvgIpc) is 4.05. The summed E-state index contributed by atoms with van der Waals surface area (Å²) in [7, 11) is 2.08.